The summed E-state index contributed by atoms with van der Waals surface area (Å²) in [6, 6.07) is 0. The number of fused-ring (bicyclic) bond motifs is 2. The van der Waals surface area contributed by atoms with Crippen molar-refractivity contribution >= 4 is 29.8 Å². The fraction of sp³-hybridized carbons (Fsp3) is 0.844. The summed E-state index contributed by atoms with van der Waals surface area (Å²) in [5, 5.41) is 21.6. The second-order valence-corrected chi connectivity index (χ2v) is 13.9. The van der Waals surface area contributed by atoms with Crippen LogP contribution in [0.3, 0.4) is 0 Å². The van der Waals surface area contributed by atoms with Crippen LogP contribution in [-0.2, 0) is 43.0 Å². The lowest BCUT2D eigenvalue weighted by Crippen LogP contribution is -2.70. The number of rotatable bonds is 10. The average molecular weight is 710 g/mol. The van der Waals surface area contributed by atoms with Crippen LogP contribution in [0.5, 0.6) is 0 Å². The van der Waals surface area contributed by atoms with Gasteiger partial charge in [-0.1, -0.05) is 13.8 Å². The van der Waals surface area contributed by atoms with Gasteiger partial charge in [0.05, 0.1) is 33.0 Å². The maximum atomic E-state index is 9.10. The Morgan fingerprint density at radius 3 is 2.12 bits per heavy atom. The van der Waals surface area contributed by atoms with Crippen molar-refractivity contribution < 1.29 is 53.3 Å². The monoisotopic (exact) mass is 709 g/mol. The highest BCUT2D eigenvalue weighted by molar-refractivity contribution is 6.27. The number of aliphatic carboxylic acids is 2. The fourth-order valence-electron chi connectivity index (χ4n) is 7.94. The van der Waals surface area contributed by atoms with Gasteiger partial charge in [0.2, 0.25) is 23.6 Å². The highest BCUT2D eigenvalue weighted by Crippen LogP contribution is 2.60. The molecule has 8 rings (SSSR count). The van der Waals surface area contributed by atoms with Crippen molar-refractivity contribution in [3.8, 4) is 0 Å². The molecule has 1 spiro atoms. The van der Waals surface area contributed by atoms with Gasteiger partial charge in [0, 0.05) is 64.1 Å². The summed E-state index contributed by atoms with van der Waals surface area (Å²) >= 11 is 0. The Balaban J connectivity index is 0.000000664. The highest BCUT2D eigenvalue weighted by atomic mass is 17.3. The van der Waals surface area contributed by atoms with Gasteiger partial charge in [-0.15, -0.1) is 0 Å². The molecule has 7 aliphatic rings. The van der Waals surface area contributed by atoms with E-state index in [1.807, 2.05) is 6.92 Å². The minimum Gasteiger partial charge on any atom is -0.473 e. The molecule has 280 valence electrons. The molecule has 6 saturated heterocycles. The summed E-state index contributed by atoms with van der Waals surface area (Å²) in [7, 11) is 0. The zero-order chi connectivity index (χ0) is 35.3. The number of ether oxygens (including phenoxy) is 5. The van der Waals surface area contributed by atoms with Crippen molar-refractivity contribution in [1.29, 1.82) is 0 Å². The van der Waals surface area contributed by atoms with Crippen LogP contribution in [0.1, 0.15) is 46.5 Å². The molecule has 18 nitrogen and oxygen atoms in total. The number of nitrogens with one attached hydrogen (secondary N) is 2. The smallest absolute Gasteiger partial charge is 0.414 e. The van der Waals surface area contributed by atoms with E-state index in [4.69, 9.17) is 68.2 Å². The average Bonchev–Trinajstić information content (AvgIpc) is 3.36. The predicted molar refractivity (Wildman–Crippen MR) is 175 cm³/mol. The lowest BCUT2D eigenvalue weighted by atomic mass is 9.58. The van der Waals surface area contributed by atoms with Gasteiger partial charge in [-0.3, -0.25) is 0 Å². The van der Waals surface area contributed by atoms with Gasteiger partial charge in [-0.25, -0.2) is 19.4 Å². The number of hydrogen-bond donors (Lipinski definition) is 4. The van der Waals surface area contributed by atoms with E-state index in [0.29, 0.717) is 75.8 Å². The molecule has 4 N–H and O–H groups in total. The van der Waals surface area contributed by atoms with Crippen LogP contribution in [-0.4, -0.2) is 140 Å². The number of carboxylic acid groups (broad SMARTS) is 2. The molecule has 0 aromatic carbocycles. The summed E-state index contributed by atoms with van der Waals surface area (Å²) in [4.78, 5) is 48.9. The predicted octanol–water partition coefficient (Wildman–Crippen LogP) is 0.927. The maximum Gasteiger partial charge on any atom is 0.414 e. The molecule has 1 saturated carbocycles. The second kappa shape index (κ2) is 16.1. The van der Waals surface area contributed by atoms with E-state index in [9.17, 15) is 0 Å². The van der Waals surface area contributed by atoms with Crippen LogP contribution in [0.25, 0.3) is 0 Å². The van der Waals surface area contributed by atoms with E-state index in [-0.39, 0.29) is 18.1 Å². The van der Waals surface area contributed by atoms with Crippen LogP contribution in [0.15, 0.2) is 0 Å². The Morgan fingerprint density at radius 1 is 0.860 bits per heavy atom. The quantitative estimate of drug-likeness (QED) is 0.151. The number of hydrogen-bond acceptors (Lipinski definition) is 16. The maximum absolute atomic E-state index is 9.10. The van der Waals surface area contributed by atoms with Gasteiger partial charge in [0.15, 0.2) is 18.2 Å². The summed E-state index contributed by atoms with van der Waals surface area (Å²) in [5.74, 6) is -1.14. The second-order valence-electron chi connectivity index (χ2n) is 13.9. The third kappa shape index (κ3) is 8.07. The number of carboxylic acids is 2. The number of carbonyl (C=O) groups is 2. The Kier molecular flexibility index (Phi) is 11.9. The highest BCUT2D eigenvalue weighted by Gasteiger charge is 2.69. The third-order valence-corrected chi connectivity index (χ3v) is 10.6. The lowest BCUT2D eigenvalue weighted by molar-refractivity contribution is -0.577. The number of morpholine rings is 2. The van der Waals surface area contributed by atoms with Crippen molar-refractivity contribution in [2.24, 2.45) is 23.7 Å². The molecule has 1 aromatic heterocycles. The minimum atomic E-state index is -1.82. The number of aromatic nitrogens is 3. The molecule has 7 heterocycles. The molecule has 0 radical (unpaired) electrons. The van der Waals surface area contributed by atoms with Gasteiger partial charge in [-0.05, 0) is 38.0 Å². The summed E-state index contributed by atoms with van der Waals surface area (Å²) < 4.78 is 30.3. The van der Waals surface area contributed by atoms with Gasteiger partial charge in [-0.2, -0.15) is 15.0 Å². The van der Waals surface area contributed by atoms with Crippen LogP contribution in [0.2, 0.25) is 0 Å². The van der Waals surface area contributed by atoms with Crippen LogP contribution in [0.4, 0.5) is 17.8 Å². The standard InChI is InChI=1S/C30H49N7O7.C2H2O4/c1-20-4-5-23-21(2)24(41-25-30(23)22(20)6-7-29(3,42-25)43-44-30)40-15-10-31-8-9-32-26-33-27(36-11-16-38-17-12-36)35-28(34-26)37-13-18-39-19-14-37;3-1(4)2(5)6/h20-25,31H,4-19H2,1-3H3,(H,32,33,34,35);(H,3,4)(H,5,6)/t20-,21-,22+,23+,24+,25-,29-,30-;/m1./s1. The molecule has 50 heavy (non-hydrogen) atoms. The van der Waals surface area contributed by atoms with Gasteiger partial charge in [0.1, 0.15) is 0 Å². The minimum absolute atomic E-state index is 0.169. The molecule has 0 unspecified atom stereocenters. The molecule has 7 fully saturated rings. The summed E-state index contributed by atoms with van der Waals surface area (Å²) in [6.07, 6.45) is 3.24. The van der Waals surface area contributed by atoms with E-state index in [2.05, 4.69) is 34.3 Å². The Labute approximate surface area is 291 Å². The van der Waals surface area contributed by atoms with E-state index < -0.39 is 29.6 Å². The Bertz CT molecular complexity index is 1270. The van der Waals surface area contributed by atoms with E-state index in [1.54, 1.807) is 0 Å². The normalized spacial score (nSPS) is 34.9. The fourth-order valence-corrected chi connectivity index (χ4v) is 7.94. The molecule has 1 aromatic rings. The first-order chi connectivity index (χ1) is 24.1. The Morgan fingerprint density at radius 2 is 1.50 bits per heavy atom. The van der Waals surface area contributed by atoms with E-state index >= 15 is 0 Å². The van der Waals surface area contributed by atoms with Crippen LogP contribution in [0, 0.1) is 23.7 Å². The van der Waals surface area contributed by atoms with Crippen molar-refractivity contribution in [3.63, 3.8) is 0 Å². The zero-order valence-electron chi connectivity index (χ0n) is 29.1. The van der Waals surface area contributed by atoms with Gasteiger partial charge < -0.3 is 54.3 Å². The molecule has 0 amide bonds. The first-order valence-corrected chi connectivity index (χ1v) is 17.7. The van der Waals surface area contributed by atoms with Crippen LogP contribution >= 0.6 is 0 Å². The first kappa shape index (κ1) is 36.8. The molecule has 18 heteroatoms. The van der Waals surface area contributed by atoms with Crippen molar-refractivity contribution in [2.45, 2.75) is 70.4 Å². The molecule has 6 aliphatic heterocycles. The van der Waals surface area contributed by atoms with E-state index in [1.165, 1.54) is 6.42 Å². The SMILES string of the molecule is C[C@H]1[C@@H](OCCNCCNc2nc(N3CCOCC3)nc(N3CCOCC3)n2)O[C@@H]2O[C@@]3(C)CC[C@H]4[C@H](C)CC[C@@H]1[C@@]24OO3.O=C(O)C(=O)O. The Hall–Kier alpha value is -2.97. The number of anilines is 3. The first-order valence-electron chi connectivity index (χ1n) is 17.7. The molecular formula is C32H51N7O11. The molecule has 2 bridgehead atoms. The van der Waals surface area contributed by atoms with Crippen LogP contribution < -0.4 is 20.4 Å². The van der Waals surface area contributed by atoms with Crippen molar-refractivity contribution in [2.75, 3.05) is 94.0 Å². The molecule has 1 aliphatic carbocycles. The van der Waals surface area contributed by atoms with Gasteiger partial charge in [0.25, 0.3) is 0 Å². The summed E-state index contributed by atoms with van der Waals surface area (Å²) in [5.41, 5.74) is -0.560. The van der Waals surface area contributed by atoms with Crippen molar-refractivity contribution in [3.05, 3.63) is 0 Å². The third-order valence-electron chi connectivity index (χ3n) is 10.6. The molecular weight excluding hydrogens is 658 g/mol. The number of nitrogens with zero attached hydrogens (tertiary/aromatic N) is 5. The largest absolute Gasteiger partial charge is 0.473 e. The summed E-state index contributed by atoms with van der Waals surface area (Å²) in [6.45, 7) is 14.9. The molecule has 8 atom stereocenters. The topological polar surface area (TPSA) is 208 Å². The van der Waals surface area contributed by atoms with Gasteiger partial charge >= 0.3 is 11.9 Å². The van der Waals surface area contributed by atoms with Crippen molar-refractivity contribution in [1.82, 2.24) is 20.3 Å². The lowest BCUT2D eigenvalue weighted by Gasteiger charge is -2.60. The zero-order valence-corrected chi connectivity index (χ0v) is 29.1. The van der Waals surface area contributed by atoms with E-state index in [0.717, 1.165) is 52.0 Å².